The molecule has 0 heteroatoms. The summed E-state index contributed by atoms with van der Waals surface area (Å²) in [5, 5.41) is 0. The zero-order valence-corrected chi connectivity index (χ0v) is 32.2. The molecular weight excluding hydrogens is 528 g/mol. The lowest BCUT2D eigenvalue weighted by Crippen LogP contribution is -1.98. The van der Waals surface area contributed by atoms with Crippen molar-refractivity contribution in [3.8, 4) is 0 Å². The highest BCUT2D eigenvalue weighted by Gasteiger charge is 2.08. The Labute approximate surface area is 275 Å². The predicted octanol–water partition coefficient (Wildman–Crippen LogP) is 13.9. The first-order valence-corrected chi connectivity index (χ1v) is 16.6. The molecule has 0 aliphatic rings. The van der Waals surface area contributed by atoms with Gasteiger partial charge in [0.05, 0.1) is 0 Å². The average Bonchev–Trinajstić information content (AvgIpc) is 3.01. The largest absolute Gasteiger partial charge is 0.0656 e. The van der Waals surface area contributed by atoms with Gasteiger partial charge in [-0.1, -0.05) is 112 Å². The van der Waals surface area contributed by atoms with Crippen molar-refractivity contribution < 1.29 is 0 Å². The van der Waals surface area contributed by atoms with Crippen LogP contribution < -0.4 is 0 Å². The SMILES string of the molecule is CCC.CCC.Cc1c(C)c(C)c(C)c(C)c1C.Cc1c(C)c(C)c(C)c(C)c1C.Cc1ccccc1.Cc1ccccc1. The quantitative estimate of drug-likeness (QED) is 0.189. The van der Waals surface area contributed by atoms with Gasteiger partial charge >= 0.3 is 0 Å². The van der Waals surface area contributed by atoms with Crippen LogP contribution in [0.1, 0.15) is 118 Å². The molecule has 4 aromatic rings. The van der Waals surface area contributed by atoms with E-state index < -0.39 is 0 Å². The molecule has 0 heterocycles. The Morgan fingerprint density at radius 1 is 0.250 bits per heavy atom. The van der Waals surface area contributed by atoms with E-state index >= 15 is 0 Å². The van der Waals surface area contributed by atoms with Crippen molar-refractivity contribution in [3.05, 3.63) is 139 Å². The molecule has 0 amide bonds. The maximum atomic E-state index is 2.21. The van der Waals surface area contributed by atoms with E-state index in [0.717, 1.165) is 0 Å². The first-order valence-electron chi connectivity index (χ1n) is 16.6. The van der Waals surface area contributed by atoms with Crippen LogP contribution in [0.5, 0.6) is 0 Å². The molecule has 0 saturated carbocycles. The average molecular weight is 597 g/mol. The fourth-order valence-electron chi connectivity index (χ4n) is 4.44. The van der Waals surface area contributed by atoms with Gasteiger partial charge in [-0.2, -0.15) is 0 Å². The van der Waals surface area contributed by atoms with Gasteiger partial charge in [0, 0.05) is 0 Å². The summed E-state index contributed by atoms with van der Waals surface area (Å²) >= 11 is 0. The van der Waals surface area contributed by atoms with E-state index in [1.54, 1.807) is 0 Å². The Kier molecular flexibility index (Phi) is 22.8. The fraction of sp³-hybridized carbons (Fsp3) is 0.455. The Morgan fingerprint density at radius 2 is 0.364 bits per heavy atom. The van der Waals surface area contributed by atoms with Crippen LogP contribution in [0.3, 0.4) is 0 Å². The van der Waals surface area contributed by atoms with Gasteiger partial charge in [-0.25, -0.2) is 0 Å². The minimum atomic E-state index is 1.25. The van der Waals surface area contributed by atoms with Crippen LogP contribution in [0.25, 0.3) is 0 Å². The van der Waals surface area contributed by atoms with Gasteiger partial charge < -0.3 is 0 Å². The van der Waals surface area contributed by atoms with Crippen LogP contribution in [0.15, 0.2) is 60.7 Å². The van der Waals surface area contributed by atoms with Crippen molar-refractivity contribution in [1.82, 2.24) is 0 Å². The molecule has 0 aromatic heterocycles. The van der Waals surface area contributed by atoms with Crippen molar-refractivity contribution in [3.63, 3.8) is 0 Å². The Hall–Kier alpha value is -3.12. The summed E-state index contributed by atoms with van der Waals surface area (Å²) in [6, 6.07) is 20.5. The summed E-state index contributed by atoms with van der Waals surface area (Å²) in [6.45, 7) is 39.2. The normalized spacial score (nSPS) is 9.32. The van der Waals surface area contributed by atoms with Crippen LogP contribution in [-0.2, 0) is 0 Å². The van der Waals surface area contributed by atoms with Crippen LogP contribution in [0, 0.1) is 96.9 Å². The lowest BCUT2D eigenvalue weighted by molar-refractivity contribution is 1.09. The lowest BCUT2D eigenvalue weighted by Gasteiger charge is -2.15. The lowest BCUT2D eigenvalue weighted by atomic mass is 9.90. The van der Waals surface area contributed by atoms with Gasteiger partial charge in [0.1, 0.15) is 0 Å². The van der Waals surface area contributed by atoms with Crippen LogP contribution in [-0.4, -0.2) is 0 Å². The van der Waals surface area contributed by atoms with Gasteiger partial charge in [-0.3, -0.25) is 0 Å². The Bertz CT molecular complexity index is 1020. The maximum Gasteiger partial charge on any atom is -0.0392 e. The third-order valence-electron chi connectivity index (χ3n) is 8.63. The summed E-state index contributed by atoms with van der Waals surface area (Å²) in [7, 11) is 0. The molecule has 0 unspecified atom stereocenters. The first-order chi connectivity index (χ1) is 20.5. The maximum absolute atomic E-state index is 2.21. The highest BCUT2D eigenvalue weighted by Crippen LogP contribution is 2.25. The highest BCUT2D eigenvalue weighted by atomic mass is 14.1. The standard InChI is InChI=1S/2C12H18.2C7H8.2C3H8/c2*1-7-8(2)10(4)12(6)11(5)9(7)3;2*1-7-5-3-2-4-6-7;2*1-3-2/h2*1-6H3;2*2-6H,1H3;2*3H2,1-2H3. The molecule has 0 atom stereocenters. The molecule has 0 fully saturated rings. The molecule has 0 saturated heterocycles. The molecule has 0 radical (unpaired) electrons. The van der Waals surface area contributed by atoms with E-state index in [0.29, 0.717) is 0 Å². The van der Waals surface area contributed by atoms with Crippen molar-refractivity contribution in [2.75, 3.05) is 0 Å². The molecule has 0 spiro atoms. The third kappa shape index (κ3) is 15.1. The van der Waals surface area contributed by atoms with E-state index in [-0.39, 0.29) is 0 Å². The predicted molar refractivity (Wildman–Crippen MR) is 204 cm³/mol. The minimum Gasteiger partial charge on any atom is -0.0656 e. The van der Waals surface area contributed by atoms with E-state index in [1.807, 2.05) is 36.4 Å². The summed E-state index contributed by atoms with van der Waals surface area (Å²) in [5.41, 5.74) is 20.1. The number of aryl methyl sites for hydroxylation is 2. The highest BCUT2D eigenvalue weighted by molar-refractivity contribution is 5.49. The van der Waals surface area contributed by atoms with Crippen LogP contribution in [0.2, 0.25) is 0 Å². The molecule has 244 valence electrons. The first kappa shape index (κ1) is 43.0. The molecule has 0 bridgehead atoms. The smallest absolute Gasteiger partial charge is 0.0392 e. The molecule has 0 aliphatic heterocycles. The van der Waals surface area contributed by atoms with Crippen molar-refractivity contribution in [2.45, 2.75) is 137 Å². The van der Waals surface area contributed by atoms with Crippen LogP contribution >= 0.6 is 0 Å². The Balaban J connectivity index is 0. The van der Waals surface area contributed by atoms with Crippen molar-refractivity contribution in [1.29, 1.82) is 0 Å². The molecular formula is C44H68. The molecule has 4 aromatic carbocycles. The number of hydrogen-bond donors (Lipinski definition) is 0. The van der Waals surface area contributed by atoms with E-state index in [2.05, 4.69) is 149 Å². The zero-order valence-electron chi connectivity index (χ0n) is 32.2. The monoisotopic (exact) mass is 597 g/mol. The van der Waals surface area contributed by atoms with Gasteiger partial charge in [0.2, 0.25) is 0 Å². The van der Waals surface area contributed by atoms with Gasteiger partial charge in [0.15, 0.2) is 0 Å². The summed E-state index contributed by atoms with van der Waals surface area (Å²) < 4.78 is 0. The molecule has 4 rings (SSSR count). The topological polar surface area (TPSA) is 0 Å². The molecule has 0 N–H and O–H groups in total. The molecule has 0 aliphatic carbocycles. The summed E-state index contributed by atoms with van der Waals surface area (Å²) in [6.07, 6.45) is 2.50. The number of benzene rings is 4. The second kappa shape index (κ2) is 23.3. The molecule has 44 heavy (non-hydrogen) atoms. The van der Waals surface area contributed by atoms with Gasteiger partial charge in [0.25, 0.3) is 0 Å². The van der Waals surface area contributed by atoms with E-state index in [4.69, 9.17) is 0 Å². The number of hydrogen-bond acceptors (Lipinski definition) is 0. The fourth-order valence-corrected chi connectivity index (χ4v) is 4.44. The Morgan fingerprint density at radius 3 is 0.432 bits per heavy atom. The van der Waals surface area contributed by atoms with E-state index in [1.165, 1.54) is 90.7 Å². The molecule has 0 nitrogen and oxygen atoms in total. The van der Waals surface area contributed by atoms with Crippen molar-refractivity contribution >= 4 is 0 Å². The van der Waals surface area contributed by atoms with Gasteiger partial charge in [-0.05, 0) is 164 Å². The second-order valence-electron chi connectivity index (χ2n) is 12.2. The minimum absolute atomic E-state index is 1.25. The zero-order chi connectivity index (χ0) is 34.6. The van der Waals surface area contributed by atoms with Crippen molar-refractivity contribution in [2.24, 2.45) is 0 Å². The number of rotatable bonds is 0. The second-order valence-corrected chi connectivity index (χ2v) is 12.2. The summed E-state index contributed by atoms with van der Waals surface area (Å²) in [4.78, 5) is 0. The van der Waals surface area contributed by atoms with Crippen LogP contribution in [0.4, 0.5) is 0 Å². The summed E-state index contributed by atoms with van der Waals surface area (Å²) in [5.74, 6) is 0. The van der Waals surface area contributed by atoms with Gasteiger partial charge in [-0.15, -0.1) is 0 Å². The third-order valence-corrected chi connectivity index (χ3v) is 8.63. The van der Waals surface area contributed by atoms with E-state index in [9.17, 15) is 0 Å².